The summed E-state index contributed by atoms with van der Waals surface area (Å²) in [6, 6.07) is 7.86. The van der Waals surface area contributed by atoms with E-state index in [1.165, 1.54) is 0 Å². The molecule has 1 N–H and O–H groups in total. The second-order valence-electron chi connectivity index (χ2n) is 5.13. The predicted molar refractivity (Wildman–Crippen MR) is 81.4 cm³/mol. The minimum Gasteiger partial charge on any atom is -0.488 e. The molecular weight excluding hydrogens is 268 g/mol. The van der Waals surface area contributed by atoms with Gasteiger partial charge in [0.25, 0.3) is 5.91 Å². The van der Waals surface area contributed by atoms with Gasteiger partial charge in [0, 0.05) is 13.1 Å². The molecule has 112 valence electrons. The van der Waals surface area contributed by atoms with Crippen LogP contribution in [-0.4, -0.2) is 38.8 Å². The quantitative estimate of drug-likeness (QED) is 0.926. The summed E-state index contributed by atoms with van der Waals surface area (Å²) in [6.45, 7) is 3.73. The van der Waals surface area contributed by atoms with Crippen LogP contribution in [-0.2, 0) is 14.3 Å². The van der Waals surface area contributed by atoms with Crippen LogP contribution in [0.3, 0.4) is 0 Å². The second-order valence-corrected chi connectivity index (χ2v) is 5.13. The molecule has 0 aromatic heterocycles. The summed E-state index contributed by atoms with van der Waals surface area (Å²) >= 11 is 0. The number of morpholine rings is 1. The maximum atomic E-state index is 12.3. The highest BCUT2D eigenvalue weighted by molar-refractivity contribution is 6.04. The number of hydrogen-bond donors (Lipinski definition) is 1. The summed E-state index contributed by atoms with van der Waals surface area (Å²) in [5.74, 6) is 0.258. The van der Waals surface area contributed by atoms with Crippen LogP contribution in [0, 0.1) is 0 Å². The maximum Gasteiger partial charge on any atom is 0.290 e. The van der Waals surface area contributed by atoms with E-state index in [-0.39, 0.29) is 5.91 Å². The van der Waals surface area contributed by atoms with Crippen LogP contribution in [0.4, 0.5) is 11.4 Å². The molecule has 0 unspecified atom stereocenters. The van der Waals surface area contributed by atoms with Gasteiger partial charge in [-0.15, -0.1) is 0 Å². The first kappa shape index (κ1) is 13.9. The number of rotatable bonds is 3. The number of anilines is 2. The zero-order valence-corrected chi connectivity index (χ0v) is 12.0. The molecule has 1 aromatic carbocycles. The van der Waals surface area contributed by atoms with Crippen molar-refractivity contribution < 1.29 is 14.3 Å². The van der Waals surface area contributed by atoms with Gasteiger partial charge in [-0.25, -0.2) is 0 Å². The Balaban J connectivity index is 1.75. The van der Waals surface area contributed by atoms with Gasteiger partial charge >= 0.3 is 0 Å². The Morgan fingerprint density at radius 2 is 1.95 bits per heavy atom. The van der Waals surface area contributed by atoms with Crippen molar-refractivity contribution in [2.75, 3.05) is 43.1 Å². The van der Waals surface area contributed by atoms with Gasteiger partial charge in [0.1, 0.15) is 0 Å². The molecule has 2 aliphatic heterocycles. The number of amides is 1. The maximum absolute atomic E-state index is 12.3. The van der Waals surface area contributed by atoms with Crippen molar-refractivity contribution in [1.82, 2.24) is 0 Å². The number of carbonyl (C=O) groups is 1. The van der Waals surface area contributed by atoms with Gasteiger partial charge in [-0.05, 0) is 31.1 Å². The lowest BCUT2D eigenvalue weighted by Gasteiger charge is -2.30. The van der Waals surface area contributed by atoms with E-state index in [4.69, 9.17) is 9.47 Å². The van der Waals surface area contributed by atoms with E-state index >= 15 is 0 Å². The summed E-state index contributed by atoms with van der Waals surface area (Å²) in [4.78, 5) is 14.5. The highest BCUT2D eigenvalue weighted by atomic mass is 16.5. The fourth-order valence-corrected chi connectivity index (χ4v) is 2.56. The molecule has 0 saturated carbocycles. The Morgan fingerprint density at radius 1 is 1.14 bits per heavy atom. The van der Waals surface area contributed by atoms with Gasteiger partial charge in [-0.3, -0.25) is 4.79 Å². The van der Waals surface area contributed by atoms with Gasteiger partial charge in [0.15, 0.2) is 5.76 Å². The minimum atomic E-state index is -0.171. The fourth-order valence-electron chi connectivity index (χ4n) is 2.56. The predicted octanol–water partition coefficient (Wildman–Crippen LogP) is 2.16. The van der Waals surface area contributed by atoms with Crippen molar-refractivity contribution in [2.24, 2.45) is 0 Å². The second kappa shape index (κ2) is 6.63. The Morgan fingerprint density at radius 3 is 2.71 bits per heavy atom. The van der Waals surface area contributed by atoms with Crippen LogP contribution >= 0.6 is 0 Å². The molecule has 0 spiro atoms. The molecule has 2 aliphatic rings. The fraction of sp³-hybridized carbons (Fsp3) is 0.438. The zero-order chi connectivity index (χ0) is 14.5. The molecule has 1 aromatic rings. The van der Waals surface area contributed by atoms with Crippen molar-refractivity contribution >= 4 is 17.3 Å². The van der Waals surface area contributed by atoms with Crippen LogP contribution in [0.2, 0.25) is 0 Å². The number of nitrogens with zero attached hydrogens (tertiary/aromatic N) is 1. The Bertz CT molecular complexity index is 536. The van der Waals surface area contributed by atoms with Crippen molar-refractivity contribution in [3.63, 3.8) is 0 Å². The van der Waals surface area contributed by atoms with Gasteiger partial charge in [0.05, 0.1) is 31.2 Å². The molecule has 0 bridgehead atoms. The molecule has 5 nitrogen and oxygen atoms in total. The molecule has 2 heterocycles. The molecule has 1 amide bonds. The summed E-state index contributed by atoms with van der Waals surface area (Å²) < 4.78 is 10.8. The molecule has 1 saturated heterocycles. The van der Waals surface area contributed by atoms with Crippen molar-refractivity contribution in [3.8, 4) is 0 Å². The third-order valence-electron chi connectivity index (χ3n) is 3.66. The van der Waals surface area contributed by atoms with Crippen LogP contribution in [0.5, 0.6) is 0 Å². The monoisotopic (exact) mass is 288 g/mol. The van der Waals surface area contributed by atoms with E-state index < -0.39 is 0 Å². The van der Waals surface area contributed by atoms with Gasteiger partial charge in [-0.1, -0.05) is 12.1 Å². The number of benzene rings is 1. The zero-order valence-electron chi connectivity index (χ0n) is 12.0. The van der Waals surface area contributed by atoms with Crippen LogP contribution in [0.25, 0.3) is 0 Å². The molecular formula is C16H20N2O3. The largest absolute Gasteiger partial charge is 0.488 e. The lowest BCUT2D eigenvalue weighted by atomic mass is 10.2. The number of ether oxygens (including phenoxy) is 2. The van der Waals surface area contributed by atoms with E-state index in [0.29, 0.717) is 12.4 Å². The van der Waals surface area contributed by atoms with Crippen molar-refractivity contribution in [3.05, 3.63) is 36.1 Å². The first-order chi connectivity index (χ1) is 10.3. The summed E-state index contributed by atoms with van der Waals surface area (Å²) in [6.07, 6.45) is 3.73. The summed E-state index contributed by atoms with van der Waals surface area (Å²) in [5.41, 5.74) is 1.85. The van der Waals surface area contributed by atoms with Gasteiger partial charge < -0.3 is 19.7 Å². The molecule has 0 radical (unpaired) electrons. The molecule has 5 heteroatoms. The Hall–Kier alpha value is -2.01. The first-order valence-electron chi connectivity index (χ1n) is 7.40. The SMILES string of the molecule is O=C(Nc1ccccc1N1CCOCC1)C1=CCCCO1. The normalized spacial score (nSPS) is 18.7. The third kappa shape index (κ3) is 3.36. The van der Waals surface area contributed by atoms with E-state index in [1.807, 2.05) is 30.3 Å². The highest BCUT2D eigenvalue weighted by Gasteiger charge is 2.18. The number of hydrogen-bond acceptors (Lipinski definition) is 4. The Kier molecular flexibility index (Phi) is 4.40. The molecule has 0 aliphatic carbocycles. The number of nitrogens with one attached hydrogen (secondary N) is 1. The number of para-hydroxylation sites is 2. The third-order valence-corrected chi connectivity index (χ3v) is 3.66. The van der Waals surface area contributed by atoms with E-state index in [2.05, 4.69) is 10.2 Å². The average molecular weight is 288 g/mol. The molecule has 0 atom stereocenters. The molecule has 1 fully saturated rings. The minimum absolute atomic E-state index is 0.171. The van der Waals surface area contributed by atoms with Crippen LogP contribution < -0.4 is 10.2 Å². The summed E-state index contributed by atoms with van der Waals surface area (Å²) in [5, 5.41) is 2.96. The number of carbonyl (C=O) groups excluding carboxylic acids is 1. The van der Waals surface area contributed by atoms with Crippen LogP contribution in [0.1, 0.15) is 12.8 Å². The molecule has 3 rings (SSSR count). The topological polar surface area (TPSA) is 50.8 Å². The lowest BCUT2D eigenvalue weighted by molar-refractivity contribution is -0.116. The highest BCUT2D eigenvalue weighted by Crippen LogP contribution is 2.27. The smallest absolute Gasteiger partial charge is 0.290 e. The van der Waals surface area contributed by atoms with E-state index in [9.17, 15) is 4.79 Å². The van der Waals surface area contributed by atoms with Crippen molar-refractivity contribution in [2.45, 2.75) is 12.8 Å². The Labute approximate surface area is 124 Å². The molecule has 21 heavy (non-hydrogen) atoms. The van der Waals surface area contributed by atoms with Crippen molar-refractivity contribution in [1.29, 1.82) is 0 Å². The first-order valence-corrected chi connectivity index (χ1v) is 7.40. The van der Waals surface area contributed by atoms with Crippen LogP contribution in [0.15, 0.2) is 36.1 Å². The van der Waals surface area contributed by atoms with E-state index in [1.54, 1.807) is 0 Å². The standard InChI is InChI=1S/C16H20N2O3/c19-16(15-7-3-4-10-21-15)17-13-5-1-2-6-14(13)18-8-11-20-12-9-18/h1-2,5-7H,3-4,8-12H2,(H,17,19). The van der Waals surface area contributed by atoms with Gasteiger partial charge in [-0.2, -0.15) is 0 Å². The van der Waals surface area contributed by atoms with Gasteiger partial charge in [0.2, 0.25) is 0 Å². The average Bonchev–Trinajstić information content (AvgIpc) is 2.57. The number of allylic oxidation sites excluding steroid dienone is 1. The van der Waals surface area contributed by atoms with E-state index in [0.717, 1.165) is 50.5 Å². The lowest BCUT2D eigenvalue weighted by Crippen LogP contribution is -2.36. The summed E-state index contributed by atoms with van der Waals surface area (Å²) in [7, 11) is 0.